The molecule has 3 aromatic rings. The molecule has 0 unspecified atom stereocenters. The lowest BCUT2D eigenvalue weighted by Gasteiger charge is -2.19. The van der Waals surface area contributed by atoms with Gasteiger partial charge in [-0.1, -0.05) is 42.1 Å². The Balaban J connectivity index is 1.56. The Bertz CT molecular complexity index is 1060. The van der Waals surface area contributed by atoms with Gasteiger partial charge in [0, 0.05) is 12.2 Å². The quantitative estimate of drug-likeness (QED) is 0.625. The van der Waals surface area contributed by atoms with Crippen molar-refractivity contribution in [1.29, 1.82) is 0 Å². The Morgan fingerprint density at radius 3 is 2.71 bits per heavy atom. The Morgan fingerprint density at radius 1 is 1.07 bits per heavy atom. The standard InChI is InChI=1S/C22H24N4OS/c1-14-8-9-15(2)19(12-14)26-17(4)23-24-22(26)28-13-20(27)25-11-10-18-7-5-6-16(3)21(18)25/h5-9,12H,10-11,13H2,1-4H3. The molecular formula is C22H24N4OS. The van der Waals surface area contributed by atoms with Gasteiger partial charge in [-0.3, -0.25) is 9.36 Å². The van der Waals surface area contributed by atoms with Gasteiger partial charge in [-0.05, 0) is 62.4 Å². The molecule has 2 aromatic carbocycles. The van der Waals surface area contributed by atoms with E-state index in [1.807, 2.05) is 16.4 Å². The van der Waals surface area contributed by atoms with Gasteiger partial charge in [0.15, 0.2) is 5.16 Å². The number of carbonyl (C=O) groups is 1. The zero-order valence-electron chi connectivity index (χ0n) is 16.7. The van der Waals surface area contributed by atoms with Gasteiger partial charge in [-0.2, -0.15) is 0 Å². The number of rotatable bonds is 4. The van der Waals surface area contributed by atoms with Gasteiger partial charge >= 0.3 is 0 Å². The molecule has 0 atom stereocenters. The van der Waals surface area contributed by atoms with Crippen molar-refractivity contribution in [2.45, 2.75) is 39.3 Å². The third kappa shape index (κ3) is 3.33. The molecule has 5 nitrogen and oxygen atoms in total. The third-order valence-corrected chi connectivity index (χ3v) is 6.14. The van der Waals surface area contributed by atoms with Crippen molar-refractivity contribution in [3.8, 4) is 5.69 Å². The number of para-hydroxylation sites is 1. The van der Waals surface area contributed by atoms with Crippen molar-refractivity contribution >= 4 is 23.4 Å². The summed E-state index contributed by atoms with van der Waals surface area (Å²) in [6.07, 6.45) is 0.922. The molecule has 4 rings (SSSR count). The lowest BCUT2D eigenvalue weighted by Crippen LogP contribution is -2.31. The van der Waals surface area contributed by atoms with Crippen LogP contribution in [0.5, 0.6) is 0 Å². The van der Waals surface area contributed by atoms with Crippen LogP contribution in [0.3, 0.4) is 0 Å². The van der Waals surface area contributed by atoms with Crippen LogP contribution in [0.15, 0.2) is 41.6 Å². The highest BCUT2D eigenvalue weighted by Crippen LogP contribution is 2.32. The summed E-state index contributed by atoms with van der Waals surface area (Å²) >= 11 is 1.45. The predicted octanol–water partition coefficient (Wildman–Crippen LogP) is 4.18. The molecule has 1 aliphatic rings. The highest BCUT2D eigenvalue weighted by Gasteiger charge is 2.26. The van der Waals surface area contributed by atoms with Crippen LogP contribution in [0.4, 0.5) is 5.69 Å². The summed E-state index contributed by atoms with van der Waals surface area (Å²) in [6, 6.07) is 12.6. The van der Waals surface area contributed by atoms with Crippen LogP contribution in [-0.4, -0.2) is 33.0 Å². The van der Waals surface area contributed by atoms with E-state index in [0.29, 0.717) is 5.75 Å². The summed E-state index contributed by atoms with van der Waals surface area (Å²) in [5, 5.41) is 9.34. The van der Waals surface area contributed by atoms with Crippen LogP contribution >= 0.6 is 11.8 Å². The molecular weight excluding hydrogens is 368 g/mol. The molecule has 144 valence electrons. The van der Waals surface area contributed by atoms with Gasteiger partial charge in [0.05, 0.1) is 11.4 Å². The molecule has 0 bridgehead atoms. The van der Waals surface area contributed by atoms with Gasteiger partial charge < -0.3 is 4.90 Å². The number of nitrogens with zero attached hydrogens (tertiary/aromatic N) is 4. The summed E-state index contributed by atoms with van der Waals surface area (Å²) in [5.41, 5.74) is 6.91. The first-order valence-corrected chi connectivity index (χ1v) is 10.5. The number of fused-ring (bicyclic) bond motifs is 1. The predicted molar refractivity (Wildman–Crippen MR) is 114 cm³/mol. The number of aromatic nitrogens is 3. The summed E-state index contributed by atoms with van der Waals surface area (Å²) in [4.78, 5) is 14.9. The second-order valence-corrected chi connectivity index (χ2v) is 8.26. The molecule has 2 heterocycles. The normalized spacial score (nSPS) is 13.1. The maximum absolute atomic E-state index is 13.0. The van der Waals surface area contributed by atoms with E-state index in [1.165, 1.54) is 22.9 Å². The SMILES string of the molecule is Cc1ccc(C)c(-n2c(C)nnc2SCC(=O)N2CCc3cccc(C)c32)c1. The molecule has 0 radical (unpaired) electrons. The molecule has 0 fully saturated rings. The molecule has 0 saturated heterocycles. The van der Waals surface area contributed by atoms with Crippen molar-refractivity contribution < 1.29 is 4.79 Å². The fourth-order valence-electron chi connectivity index (χ4n) is 3.78. The minimum absolute atomic E-state index is 0.117. The van der Waals surface area contributed by atoms with E-state index >= 15 is 0 Å². The summed E-state index contributed by atoms with van der Waals surface area (Å²) in [5.74, 6) is 1.29. The number of anilines is 1. The minimum atomic E-state index is 0.117. The van der Waals surface area contributed by atoms with E-state index in [-0.39, 0.29) is 5.91 Å². The fraction of sp³-hybridized carbons (Fsp3) is 0.318. The van der Waals surface area contributed by atoms with E-state index in [4.69, 9.17) is 0 Å². The Kier molecular flexibility index (Phi) is 4.98. The largest absolute Gasteiger partial charge is 0.311 e. The lowest BCUT2D eigenvalue weighted by atomic mass is 10.1. The van der Waals surface area contributed by atoms with Crippen LogP contribution in [0.25, 0.3) is 5.69 Å². The van der Waals surface area contributed by atoms with E-state index in [1.54, 1.807) is 0 Å². The van der Waals surface area contributed by atoms with Crippen LogP contribution in [0.1, 0.15) is 28.1 Å². The van der Waals surface area contributed by atoms with Gasteiger partial charge in [-0.15, -0.1) is 10.2 Å². The molecule has 28 heavy (non-hydrogen) atoms. The molecule has 0 saturated carbocycles. The average Bonchev–Trinajstić information content (AvgIpc) is 3.26. The Labute approximate surface area is 169 Å². The maximum atomic E-state index is 13.0. The van der Waals surface area contributed by atoms with Crippen LogP contribution in [-0.2, 0) is 11.2 Å². The van der Waals surface area contributed by atoms with Gasteiger partial charge in [0.2, 0.25) is 5.91 Å². The van der Waals surface area contributed by atoms with E-state index in [0.717, 1.165) is 46.4 Å². The first kappa shape index (κ1) is 18.7. The van der Waals surface area contributed by atoms with Crippen molar-refractivity contribution in [2.75, 3.05) is 17.2 Å². The molecule has 0 N–H and O–H groups in total. The third-order valence-electron chi connectivity index (χ3n) is 5.22. The minimum Gasteiger partial charge on any atom is -0.311 e. The molecule has 6 heteroatoms. The van der Waals surface area contributed by atoms with Crippen molar-refractivity contribution in [3.63, 3.8) is 0 Å². The number of thioether (sulfide) groups is 1. The smallest absolute Gasteiger partial charge is 0.237 e. The topological polar surface area (TPSA) is 51.0 Å². The molecule has 1 aliphatic heterocycles. The first-order valence-electron chi connectivity index (χ1n) is 9.47. The Hall–Kier alpha value is -2.60. The van der Waals surface area contributed by atoms with Crippen molar-refractivity contribution in [2.24, 2.45) is 0 Å². The number of benzene rings is 2. The second kappa shape index (κ2) is 7.43. The highest BCUT2D eigenvalue weighted by molar-refractivity contribution is 7.99. The van der Waals surface area contributed by atoms with Crippen LogP contribution in [0, 0.1) is 27.7 Å². The monoisotopic (exact) mass is 392 g/mol. The van der Waals surface area contributed by atoms with Crippen LogP contribution in [0.2, 0.25) is 0 Å². The molecule has 0 aliphatic carbocycles. The van der Waals surface area contributed by atoms with E-state index in [9.17, 15) is 4.79 Å². The maximum Gasteiger partial charge on any atom is 0.237 e. The number of hydrogen-bond acceptors (Lipinski definition) is 4. The summed E-state index contributed by atoms with van der Waals surface area (Å²) < 4.78 is 2.05. The summed E-state index contributed by atoms with van der Waals surface area (Å²) in [7, 11) is 0. The number of hydrogen-bond donors (Lipinski definition) is 0. The second-order valence-electron chi connectivity index (χ2n) is 7.32. The Morgan fingerprint density at radius 2 is 1.89 bits per heavy atom. The lowest BCUT2D eigenvalue weighted by molar-refractivity contribution is -0.116. The van der Waals surface area contributed by atoms with Gasteiger partial charge in [0.25, 0.3) is 0 Å². The van der Waals surface area contributed by atoms with Gasteiger partial charge in [-0.25, -0.2) is 0 Å². The van der Waals surface area contributed by atoms with Crippen molar-refractivity contribution in [3.05, 3.63) is 64.5 Å². The van der Waals surface area contributed by atoms with E-state index in [2.05, 4.69) is 67.4 Å². The molecule has 1 amide bonds. The van der Waals surface area contributed by atoms with Gasteiger partial charge in [0.1, 0.15) is 5.82 Å². The van der Waals surface area contributed by atoms with Crippen molar-refractivity contribution in [1.82, 2.24) is 14.8 Å². The summed E-state index contributed by atoms with van der Waals surface area (Å²) in [6.45, 7) is 8.92. The number of aryl methyl sites for hydroxylation is 4. The van der Waals surface area contributed by atoms with Crippen LogP contribution < -0.4 is 4.90 Å². The number of carbonyl (C=O) groups excluding carboxylic acids is 1. The zero-order chi connectivity index (χ0) is 19.8. The average molecular weight is 393 g/mol. The molecule has 1 aromatic heterocycles. The zero-order valence-corrected chi connectivity index (χ0v) is 17.5. The van der Waals surface area contributed by atoms with E-state index < -0.39 is 0 Å². The highest BCUT2D eigenvalue weighted by atomic mass is 32.2. The first-order chi connectivity index (χ1) is 13.5. The fourth-order valence-corrected chi connectivity index (χ4v) is 4.65. The number of amides is 1. The molecule has 0 spiro atoms.